The molecular weight excluding hydrogens is 1020 g/mol. The van der Waals surface area contributed by atoms with Gasteiger partial charge in [-0.15, -0.1) is 0 Å². The average molecular weight is 1170 g/mol. The zero-order valence-corrected chi connectivity index (χ0v) is 56.5. The summed E-state index contributed by atoms with van der Waals surface area (Å²) in [7, 11) is 0. The fourth-order valence-electron chi connectivity index (χ4n) is 11.7. The third-order valence-electron chi connectivity index (χ3n) is 17.4. The van der Waals surface area contributed by atoms with Gasteiger partial charge in [-0.1, -0.05) is 366 Å². The molecular formula is C77H146O6. The maximum Gasteiger partial charge on any atom is 0.306 e. The Morgan fingerprint density at radius 3 is 0.614 bits per heavy atom. The van der Waals surface area contributed by atoms with Crippen molar-refractivity contribution in [1.82, 2.24) is 0 Å². The predicted octanol–water partition coefficient (Wildman–Crippen LogP) is 26.1. The minimum atomic E-state index is -0.772. The molecule has 6 heteroatoms. The molecule has 0 aliphatic heterocycles. The van der Waals surface area contributed by atoms with Crippen LogP contribution in [0.3, 0.4) is 0 Å². The Morgan fingerprint density at radius 2 is 0.398 bits per heavy atom. The van der Waals surface area contributed by atoms with Crippen LogP contribution in [0.2, 0.25) is 0 Å². The molecule has 0 aromatic rings. The Bertz CT molecular complexity index is 1340. The van der Waals surface area contributed by atoms with Crippen molar-refractivity contribution in [3.63, 3.8) is 0 Å². The van der Waals surface area contributed by atoms with E-state index in [9.17, 15) is 14.4 Å². The summed E-state index contributed by atoms with van der Waals surface area (Å²) in [5, 5.41) is 0. The number of carbonyl (C=O) groups is 3. The molecule has 1 unspecified atom stereocenters. The van der Waals surface area contributed by atoms with E-state index in [1.807, 2.05) is 0 Å². The highest BCUT2D eigenvalue weighted by Crippen LogP contribution is 2.19. The van der Waals surface area contributed by atoms with Gasteiger partial charge < -0.3 is 14.2 Å². The number of carbonyl (C=O) groups excluding carboxylic acids is 3. The highest BCUT2D eigenvalue weighted by atomic mass is 16.6. The van der Waals surface area contributed by atoms with Crippen LogP contribution in [0.4, 0.5) is 0 Å². The molecule has 6 nitrogen and oxygen atoms in total. The molecule has 0 aliphatic carbocycles. The molecule has 0 rings (SSSR count). The third-order valence-corrected chi connectivity index (χ3v) is 17.4. The number of allylic oxidation sites excluding steroid dienone is 4. The molecule has 0 N–H and O–H groups in total. The molecule has 490 valence electrons. The molecule has 0 saturated heterocycles. The van der Waals surface area contributed by atoms with Crippen molar-refractivity contribution in [3.05, 3.63) is 24.3 Å². The van der Waals surface area contributed by atoms with Crippen molar-refractivity contribution in [2.24, 2.45) is 0 Å². The van der Waals surface area contributed by atoms with Crippen molar-refractivity contribution in [2.45, 2.75) is 438 Å². The lowest BCUT2D eigenvalue weighted by atomic mass is 10.0. The molecule has 0 bridgehead atoms. The number of rotatable bonds is 71. The van der Waals surface area contributed by atoms with Gasteiger partial charge in [-0.25, -0.2) is 0 Å². The Balaban J connectivity index is 4.18. The number of hydrogen-bond donors (Lipinski definition) is 0. The first-order chi connectivity index (χ1) is 41.0. The Labute approximate surface area is 519 Å². The number of hydrogen-bond acceptors (Lipinski definition) is 6. The molecule has 0 amide bonds. The first-order valence-electron chi connectivity index (χ1n) is 37.8. The third kappa shape index (κ3) is 70.5. The van der Waals surface area contributed by atoms with Crippen LogP contribution < -0.4 is 0 Å². The van der Waals surface area contributed by atoms with Gasteiger partial charge in [0.25, 0.3) is 0 Å². The van der Waals surface area contributed by atoms with E-state index < -0.39 is 6.10 Å². The minimum absolute atomic E-state index is 0.0676. The first kappa shape index (κ1) is 80.9. The molecule has 0 aliphatic rings. The molecule has 0 heterocycles. The number of esters is 3. The van der Waals surface area contributed by atoms with Crippen LogP contribution >= 0.6 is 0 Å². The van der Waals surface area contributed by atoms with Crippen LogP contribution in [0.25, 0.3) is 0 Å². The van der Waals surface area contributed by atoms with E-state index in [0.29, 0.717) is 19.3 Å². The topological polar surface area (TPSA) is 78.9 Å². The van der Waals surface area contributed by atoms with E-state index in [0.717, 1.165) is 64.2 Å². The van der Waals surface area contributed by atoms with Gasteiger partial charge in [0.15, 0.2) is 6.10 Å². The Hall–Kier alpha value is -2.11. The summed E-state index contributed by atoms with van der Waals surface area (Å²) < 4.78 is 17.0. The quantitative estimate of drug-likeness (QED) is 0.0261. The van der Waals surface area contributed by atoms with Gasteiger partial charge in [0.2, 0.25) is 0 Å². The SMILES string of the molecule is CCCCCC/C=C\CCCCCCCC(=O)OCC(COC(=O)CCCCCCCCCCCCCCCCC/C=C\CCCCCCCCCC)OC(=O)CCCCCCCCCCCCCCCCCCCCCCCCCCC. The van der Waals surface area contributed by atoms with E-state index in [2.05, 4.69) is 45.1 Å². The van der Waals surface area contributed by atoms with Gasteiger partial charge in [0.1, 0.15) is 13.2 Å². The largest absolute Gasteiger partial charge is 0.462 e. The van der Waals surface area contributed by atoms with Crippen LogP contribution in [0.15, 0.2) is 24.3 Å². The van der Waals surface area contributed by atoms with E-state index in [4.69, 9.17) is 14.2 Å². The first-order valence-corrected chi connectivity index (χ1v) is 37.8. The lowest BCUT2D eigenvalue weighted by Gasteiger charge is -2.18. The van der Waals surface area contributed by atoms with Crippen LogP contribution in [-0.4, -0.2) is 37.2 Å². The summed E-state index contributed by atoms with van der Waals surface area (Å²) in [4.78, 5) is 38.5. The standard InChI is InChI=1S/C77H146O6/c1-4-7-10-13-16-19-22-25-27-29-31-33-35-37-38-40-41-43-45-47-49-52-55-58-61-64-67-70-76(79)82-73-74(72-81-75(78)69-66-63-60-57-54-51-24-21-18-15-12-9-6-3)83-77(80)71-68-65-62-59-56-53-50-48-46-44-42-39-36-34-32-30-28-26-23-20-17-14-11-8-5-2/h21,24,29,31,74H,4-20,22-23,25-28,30,32-73H2,1-3H3/b24-21-,31-29-. The zero-order chi connectivity index (χ0) is 59.9. The van der Waals surface area contributed by atoms with Crippen molar-refractivity contribution < 1.29 is 28.6 Å². The van der Waals surface area contributed by atoms with Crippen LogP contribution in [0, 0.1) is 0 Å². The summed E-state index contributed by atoms with van der Waals surface area (Å²) in [5.74, 6) is -0.842. The Kier molecular flexibility index (Phi) is 70.5. The zero-order valence-electron chi connectivity index (χ0n) is 56.5. The van der Waals surface area contributed by atoms with E-state index in [-0.39, 0.29) is 31.1 Å². The second-order valence-corrected chi connectivity index (χ2v) is 25.9. The smallest absolute Gasteiger partial charge is 0.306 e. The summed E-state index contributed by atoms with van der Waals surface area (Å²) in [5.41, 5.74) is 0. The van der Waals surface area contributed by atoms with Gasteiger partial charge in [-0.3, -0.25) is 14.4 Å². The molecule has 0 aromatic carbocycles. The van der Waals surface area contributed by atoms with E-state index in [1.54, 1.807) is 0 Å². The van der Waals surface area contributed by atoms with Crippen LogP contribution in [0.5, 0.6) is 0 Å². The monoisotopic (exact) mass is 1170 g/mol. The highest BCUT2D eigenvalue weighted by molar-refractivity contribution is 5.71. The summed E-state index contributed by atoms with van der Waals surface area (Å²) in [6.45, 7) is 6.71. The summed E-state index contributed by atoms with van der Waals surface area (Å²) in [6.07, 6.45) is 89.5. The van der Waals surface area contributed by atoms with E-state index in [1.165, 1.54) is 327 Å². The van der Waals surface area contributed by atoms with E-state index >= 15 is 0 Å². The van der Waals surface area contributed by atoms with Gasteiger partial charge in [-0.2, -0.15) is 0 Å². The van der Waals surface area contributed by atoms with Crippen molar-refractivity contribution in [2.75, 3.05) is 13.2 Å². The normalized spacial score (nSPS) is 12.1. The molecule has 0 aromatic heterocycles. The second kappa shape index (κ2) is 72.4. The lowest BCUT2D eigenvalue weighted by Crippen LogP contribution is -2.30. The van der Waals surface area contributed by atoms with Crippen LogP contribution in [-0.2, 0) is 28.6 Å². The molecule has 0 saturated carbocycles. The average Bonchev–Trinajstić information content (AvgIpc) is 3.49. The maximum atomic E-state index is 13.0. The fraction of sp³-hybridized carbons (Fsp3) is 0.909. The highest BCUT2D eigenvalue weighted by Gasteiger charge is 2.20. The van der Waals surface area contributed by atoms with Gasteiger partial charge >= 0.3 is 17.9 Å². The maximum absolute atomic E-state index is 13.0. The summed E-state index contributed by atoms with van der Waals surface area (Å²) in [6, 6.07) is 0. The minimum Gasteiger partial charge on any atom is -0.462 e. The molecule has 0 radical (unpaired) electrons. The molecule has 0 spiro atoms. The van der Waals surface area contributed by atoms with Crippen molar-refractivity contribution in [3.8, 4) is 0 Å². The number of ether oxygens (including phenoxy) is 3. The molecule has 83 heavy (non-hydrogen) atoms. The number of unbranched alkanes of at least 4 members (excludes halogenated alkanes) is 56. The predicted molar refractivity (Wildman–Crippen MR) is 363 cm³/mol. The summed E-state index contributed by atoms with van der Waals surface area (Å²) >= 11 is 0. The van der Waals surface area contributed by atoms with Gasteiger partial charge in [-0.05, 0) is 70.6 Å². The fourth-order valence-corrected chi connectivity index (χ4v) is 11.7. The van der Waals surface area contributed by atoms with Crippen molar-refractivity contribution in [1.29, 1.82) is 0 Å². The second-order valence-electron chi connectivity index (χ2n) is 25.9. The molecule has 1 atom stereocenters. The molecule has 0 fully saturated rings. The van der Waals surface area contributed by atoms with Crippen molar-refractivity contribution >= 4 is 17.9 Å². The van der Waals surface area contributed by atoms with Crippen LogP contribution in [0.1, 0.15) is 432 Å². The van der Waals surface area contributed by atoms with Gasteiger partial charge in [0.05, 0.1) is 0 Å². The lowest BCUT2D eigenvalue weighted by molar-refractivity contribution is -0.167. The Morgan fingerprint density at radius 1 is 0.229 bits per heavy atom. The van der Waals surface area contributed by atoms with Gasteiger partial charge in [0, 0.05) is 19.3 Å².